The summed E-state index contributed by atoms with van der Waals surface area (Å²) in [5.41, 5.74) is 0. The Bertz CT molecular complexity index is 83.8. The first-order valence-corrected chi connectivity index (χ1v) is 2.51. The Morgan fingerprint density at radius 2 is 2.43 bits per heavy atom. The third-order valence-electron chi connectivity index (χ3n) is 0.888. The number of rotatable bonds is 2. The van der Waals surface area contributed by atoms with E-state index in [9.17, 15) is 4.79 Å². The standard InChI is InChI=1S/C4H5ClO2/c5-3-1-4(3)7-2-6/h2-4H,1H2. The van der Waals surface area contributed by atoms with Gasteiger partial charge in [-0.2, -0.15) is 0 Å². The SMILES string of the molecule is O=COC1CC1Cl. The van der Waals surface area contributed by atoms with E-state index >= 15 is 0 Å². The molecule has 0 aromatic heterocycles. The Morgan fingerprint density at radius 1 is 1.86 bits per heavy atom. The Hall–Kier alpha value is -0.240. The minimum atomic E-state index is 0.0131. The summed E-state index contributed by atoms with van der Waals surface area (Å²) in [5, 5.41) is 0.0881. The molecule has 1 fully saturated rings. The van der Waals surface area contributed by atoms with Crippen LogP contribution in [0.1, 0.15) is 6.42 Å². The van der Waals surface area contributed by atoms with Gasteiger partial charge in [0.1, 0.15) is 6.10 Å². The first-order valence-electron chi connectivity index (χ1n) is 2.08. The molecule has 2 atom stereocenters. The minimum Gasteiger partial charge on any atom is -0.463 e. The van der Waals surface area contributed by atoms with Crippen LogP contribution in [-0.4, -0.2) is 18.0 Å². The highest BCUT2D eigenvalue weighted by molar-refractivity contribution is 6.23. The van der Waals surface area contributed by atoms with Crippen molar-refractivity contribution in [1.82, 2.24) is 0 Å². The van der Waals surface area contributed by atoms with E-state index in [0.717, 1.165) is 6.42 Å². The Kier molecular flexibility index (Phi) is 1.19. The van der Waals surface area contributed by atoms with Crippen LogP contribution >= 0.6 is 11.6 Å². The average molecular weight is 121 g/mol. The van der Waals surface area contributed by atoms with Crippen molar-refractivity contribution in [3.8, 4) is 0 Å². The second-order valence-corrected chi connectivity index (χ2v) is 2.08. The molecule has 7 heavy (non-hydrogen) atoms. The second-order valence-electron chi connectivity index (χ2n) is 1.52. The van der Waals surface area contributed by atoms with Gasteiger partial charge in [-0.15, -0.1) is 11.6 Å². The molecule has 0 aliphatic heterocycles. The molecule has 0 spiro atoms. The smallest absolute Gasteiger partial charge is 0.293 e. The topological polar surface area (TPSA) is 26.3 Å². The summed E-state index contributed by atoms with van der Waals surface area (Å²) in [6.45, 7) is 0.438. The van der Waals surface area contributed by atoms with Gasteiger partial charge in [-0.1, -0.05) is 0 Å². The van der Waals surface area contributed by atoms with Gasteiger partial charge in [-0.3, -0.25) is 4.79 Å². The lowest BCUT2D eigenvalue weighted by Gasteiger charge is -1.86. The zero-order valence-corrected chi connectivity index (χ0v) is 4.39. The number of hydrogen-bond acceptors (Lipinski definition) is 2. The first-order chi connectivity index (χ1) is 3.34. The average Bonchev–Trinajstić information content (AvgIpc) is 2.22. The van der Waals surface area contributed by atoms with Crippen LogP contribution in [0.5, 0.6) is 0 Å². The van der Waals surface area contributed by atoms with Crippen LogP contribution in [0.15, 0.2) is 0 Å². The number of hydrogen-bond donors (Lipinski definition) is 0. The van der Waals surface area contributed by atoms with Crippen LogP contribution in [0.25, 0.3) is 0 Å². The summed E-state index contributed by atoms with van der Waals surface area (Å²) in [4.78, 5) is 9.52. The lowest BCUT2D eigenvalue weighted by Crippen LogP contribution is -1.91. The van der Waals surface area contributed by atoms with Crippen LogP contribution < -0.4 is 0 Å². The van der Waals surface area contributed by atoms with Crippen LogP contribution in [-0.2, 0) is 9.53 Å². The molecule has 0 radical (unpaired) electrons. The molecule has 3 heteroatoms. The van der Waals surface area contributed by atoms with Gasteiger partial charge < -0.3 is 4.74 Å². The number of ether oxygens (including phenoxy) is 1. The molecule has 1 saturated carbocycles. The van der Waals surface area contributed by atoms with Crippen molar-refractivity contribution < 1.29 is 9.53 Å². The third kappa shape index (κ3) is 1.06. The van der Waals surface area contributed by atoms with E-state index in [1.165, 1.54) is 0 Å². The maximum absolute atomic E-state index is 9.52. The van der Waals surface area contributed by atoms with Gasteiger partial charge in [0, 0.05) is 6.42 Å². The molecule has 0 amide bonds. The van der Waals surface area contributed by atoms with Gasteiger partial charge >= 0.3 is 0 Å². The van der Waals surface area contributed by atoms with Crippen molar-refractivity contribution in [2.45, 2.75) is 17.9 Å². The summed E-state index contributed by atoms with van der Waals surface area (Å²) in [7, 11) is 0. The number of alkyl halides is 1. The van der Waals surface area contributed by atoms with Gasteiger partial charge in [0.15, 0.2) is 0 Å². The predicted octanol–water partition coefficient (Wildman–Crippen LogP) is 0.539. The van der Waals surface area contributed by atoms with Crippen LogP contribution in [0.3, 0.4) is 0 Å². The number of carbonyl (C=O) groups is 1. The summed E-state index contributed by atoms with van der Waals surface area (Å²) in [5.74, 6) is 0. The second kappa shape index (κ2) is 1.70. The van der Waals surface area contributed by atoms with Crippen molar-refractivity contribution in [2.24, 2.45) is 0 Å². The molecule has 0 bridgehead atoms. The van der Waals surface area contributed by atoms with Crippen molar-refractivity contribution in [2.75, 3.05) is 0 Å². The van der Waals surface area contributed by atoms with E-state index in [1.807, 2.05) is 0 Å². The van der Waals surface area contributed by atoms with E-state index in [0.29, 0.717) is 6.47 Å². The molecule has 2 nitrogen and oxygen atoms in total. The van der Waals surface area contributed by atoms with Gasteiger partial charge in [0.2, 0.25) is 0 Å². The maximum Gasteiger partial charge on any atom is 0.293 e. The molecule has 40 valence electrons. The fourth-order valence-electron chi connectivity index (χ4n) is 0.356. The van der Waals surface area contributed by atoms with Crippen LogP contribution in [0.2, 0.25) is 0 Å². The fraction of sp³-hybridized carbons (Fsp3) is 0.750. The van der Waals surface area contributed by atoms with Gasteiger partial charge in [-0.25, -0.2) is 0 Å². The molecule has 2 unspecified atom stereocenters. The molecular formula is C4H5ClO2. The highest BCUT2D eigenvalue weighted by atomic mass is 35.5. The quantitative estimate of drug-likeness (QED) is 0.393. The molecule has 1 aliphatic rings. The molecule has 0 heterocycles. The molecular weight excluding hydrogens is 115 g/mol. The Morgan fingerprint density at radius 3 is 2.57 bits per heavy atom. The van der Waals surface area contributed by atoms with E-state index in [1.54, 1.807) is 0 Å². The van der Waals surface area contributed by atoms with Crippen LogP contribution in [0.4, 0.5) is 0 Å². The zero-order valence-electron chi connectivity index (χ0n) is 3.63. The monoisotopic (exact) mass is 120 g/mol. The zero-order chi connectivity index (χ0) is 5.28. The third-order valence-corrected chi connectivity index (χ3v) is 1.35. The lowest BCUT2D eigenvalue weighted by atomic mass is 10.8. The van der Waals surface area contributed by atoms with Gasteiger partial charge in [0.05, 0.1) is 5.38 Å². The van der Waals surface area contributed by atoms with Crippen molar-refractivity contribution in [3.63, 3.8) is 0 Å². The van der Waals surface area contributed by atoms with Crippen molar-refractivity contribution in [1.29, 1.82) is 0 Å². The van der Waals surface area contributed by atoms with Crippen molar-refractivity contribution in [3.05, 3.63) is 0 Å². The van der Waals surface area contributed by atoms with Gasteiger partial charge in [0.25, 0.3) is 6.47 Å². The summed E-state index contributed by atoms with van der Waals surface area (Å²) < 4.78 is 4.45. The van der Waals surface area contributed by atoms with Crippen molar-refractivity contribution >= 4 is 18.1 Å². The lowest BCUT2D eigenvalue weighted by molar-refractivity contribution is -0.129. The first kappa shape index (κ1) is 4.91. The van der Waals surface area contributed by atoms with Crippen LogP contribution in [0, 0.1) is 0 Å². The molecule has 1 aliphatic carbocycles. The normalized spacial score (nSPS) is 37.3. The number of carbonyl (C=O) groups excluding carboxylic acids is 1. The van der Waals surface area contributed by atoms with E-state index < -0.39 is 0 Å². The van der Waals surface area contributed by atoms with E-state index in [2.05, 4.69) is 4.74 Å². The summed E-state index contributed by atoms with van der Waals surface area (Å²) >= 11 is 5.45. The molecule has 0 aromatic carbocycles. The highest BCUT2D eigenvalue weighted by Gasteiger charge is 2.37. The maximum atomic E-state index is 9.52. The summed E-state index contributed by atoms with van der Waals surface area (Å²) in [6.07, 6.45) is 0.833. The minimum absolute atomic E-state index is 0.0131. The molecule has 0 aromatic rings. The van der Waals surface area contributed by atoms with Gasteiger partial charge in [-0.05, 0) is 0 Å². The predicted molar refractivity (Wildman–Crippen MR) is 25.2 cm³/mol. The molecule has 0 N–H and O–H groups in total. The molecule has 0 saturated heterocycles. The largest absolute Gasteiger partial charge is 0.463 e. The Labute approximate surface area is 46.4 Å². The molecule has 1 rings (SSSR count). The highest BCUT2D eigenvalue weighted by Crippen LogP contribution is 2.30. The summed E-state index contributed by atoms with van der Waals surface area (Å²) in [6, 6.07) is 0. The number of halogens is 1. The Balaban J connectivity index is 2.08. The fourth-order valence-corrected chi connectivity index (χ4v) is 0.591. The van der Waals surface area contributed by atoms with E-state index in [-0.39, 0.29) is 11.5 Å². The van der Waals surface area contributed by atoms with E-state index in [4.69, 9.17) is 11.6 Å².